The zero-order valence-electron chi connectivity index (χ0n) is 21.8. The molecule has 0 saturated heterocycles. The summed E-state index contributed by atoms with van der Waals surface area (Å²) >= 11 is 13.0. The Morgan fingerprint density at radius 2 is 1.95 bits per heavy atom. The Labute approximate surface area is 231 Å². The van der Waals surface area contributed by atoms with Crippen LogP contribution in [0.25, 0.3) is 17.1 Å². The van der Waals surface area contributed by atoms with Gasteiger partial charge in [0.05, 0.1) is 47.4 Å². The van der Waals surface area contributed by atoms with Gasteiger partial charge in [-0.3, -0.25) is 9.55 Å². The van der Waals surface area contributed by atoms with E-state index in [4.69, 9.17) is 37.7 Å². The molecule has 0 amide bonds. The molecule has 1 aliphatic heterocycles. The number of hydrogen-bond donors (Lipinski definition) is 1. The number of para-hydroxylation sites is 1. The highest BCUT2D eigenvalue weighted by molar-refractivity contribution is 6.31. The van der Waals surface area contributed by atoms with Crippen molar-refractivity contribution in [2.75, 3.05) is 19.0 Å². The van der Waals surface area contributed by atoms with Crippen molar-refractivity contribution in [1.29, 1.82) is 0 Å². The van der Waals surface area contributed by atoms with Crippen LogP contribution in [0.15, 0.2) is 64.9 Å². The molecule has 1 N–H and O–H groups in total. The van der Waals surface area contributed by atoms with Crippen LogP contribution < -0.4 is 10.1 Å². The van der Waals surface area contributed by atoms with Crippen molar-refractivity contribution < 1.29 is 14.3 Å². The molecule has 0 spiro atoms. The molecular weight excluding hydrogens is 523 g/mol. The number of ether oxygens (including phenoxy) is 2. The smallest absolute Gasteiger partial charge is 0.358 e. The summed E-state index contributed by atoms with van der Waals surface area (Å²) in [5.41, 5.74) is 6.13. The Balaban J connectivity index is 1.85. The van der Waals surface area contributed by atoms with E-state index >= 15 is 0 Å². The van der Waals surface area contributed by atoms with Gasteiger partial charge in [0.25, 0.3) is 0 Å². The highest BCUT2D eigenvalue weighted by Gasteiger charge is 2.40. The predicted molar refractivity (Wildman–Crippen MR) is 151 cm³/mol. The van der Waals surface area contributed by atoms with Crippen molar-refractivity contribution in [3.05, 3.63) is 87.0 Å². The molecule has 2 unspecified atom stereocenters. The second-order valence-electron chi connectivity index (χ2n) is 9.18. The van der Waals surface area contributed by atoms with Gasteiger partial charge in [0.15, 0.2) is 5.69 Å². The van der Waals surface area contributed by atoms with Crippen molar-refractivity contribution in [2.24, 2.45) is 5.92 Å². The van der Waals surface area contributed by atoms with Crippen LogP contribution in [-0.2, 0) is 4.74 Å². The zero-order valence-corrected chi connectivity index (χ0v) is 23.3. The van der Waals surface area contributed by atoms with Gasteiger partial charge in [-0.2, -0.15) is 0 Å². The number of fused-ring (bicyclic) bond motifs is 2. The van der Waals surface area contributed by atoms with Crippen LogP contribution in [0, 0.1) is 12.8 Å². The summed E-state index contributed by atoms with van der Waals surface area (Å²) in [6.45, 7) is 8.01. The van der Waals surface area contributed by atoms with Crippen molar-refractivity contribution in [3.63, 3.8) is 0 Å². The minimum absolute atomic E-state index is 0.0633. The minimum atomic E-state index is -0.501. The monoisotopic (exact) mass is 550 g/mol. The Bertz CT molecular complexity index is 1540. The van der Waals surface area contributed by atoms with Crippen LogP contribution in [0.3, 0.4) is 0 Å². The van der Waals surface area contributed by atoms with Crippen LogP contribution in [0.5, 0.6) is 5.75 Å². The Hall–Kier alpha value is -3.55. The molecule has 38 heavy (non-hydrogen) atoms. The molecule has 196 valence electrons. The van der Waals surface area contributed by atoms with E-state index in [1.807, 2.05) is 60.9 Å². The molecule has 1 aromatic carbocycles. The number of hydrogen-bond acceptors (Lipinski definition) is 6. The summed E-state index contributed by atoms with van der Waals surface area (Å²) in [4.78, 5) is 22.7. The number of aryl methyl sites for hydroxylation is 1. The van der Waals surface area contributed by atoms with E-state index in [2.05, 4.69) is 17.2 Å². The third-order valence-electron chi connectivity index (χ3n) is 6.97. The standard InChI is InChI=1S/C29H28Cl2N4O3/c1-6-38-29(36)26-27-25(33-22-13-18(30)14-32-16(22)3)20-11-12-21(31)15(2)24(20)17(4)35(27)28(34-26)19-9-7-8-10-23(19)37-5/h7-15,25,33H,6H2,1-5H3. The van der Waals surface area contributed by atoms with Gasteiger partial charge in [0, 0.05) is 22.8 Å². The van der Waals surface area contributed by atoms with Crippen LogP contribution >= 0.6 is 23.2 Å². The highest BCUT2D eigenvalue weighted by Crippen LogP contribution is 2.49. The minimum Gasteiger partial charge on any atom is -0.496 e. The average Bonchev–Trinajstić information content (AvgIpc) is 3.31. The van der Waals surface area contributed by atoms with E-state index in [0.717, 1.165) is 38.8 Å². The van der Waals surface area contributed by atoms with Crippen LogP contribution in [0.1, 0.15) is 48.7 Å². The number of allylic oxidation sites excluding steroid dienone is 4. The van der Waals surface area contributed by atoms with Gasteiger partial charge >= 0.3 is 5.97 Å². The quantitative estimate of drug-likeness (QED) is 0.327. The first kappa shape index (κ1) is 26.1. The molecule has 5 rings (SSSR count). The molecule has 3 heterocycles. The van der Waals surface area contributed by atoms with Gasteiger partial charge in [-0.15, -0.1) is 0 Å². The first-order valence-electron chi connectivity index (χ1n) is 12.4. The number of carbonyl (C=O) groups excluding carboxylic acids is 1. The molecule has 2 aromatic heterocycles. The van der Waals surface area contributed by atoms with Crippen molar-refractivity contribution in [1.82, 2.24) is 14.5 Å². The molecule has 2 aliphatic rings. The molecule has 7 nitrogen and oxygen atoms in total. The fourth-order valence-electron chi connectivity index (χ4n) is 5.19. The second kappa shape index (κ2) is 10.3. The maximum Gasteiger partial charge on any atom is 0.358 e. The number of esters is 1. The van der Waals surface area contributed by atoms with E-state index in [-0.39, 0.29) is 18.2 Å². The number of benzene rings is 1. The van der Waals surface area contributed by atoms with Crippen LogP contribution in [0.4, 0.5) is 5.69 Å². The van der Waals surface area contributed by atoms with E-state index in [0.29, 0.717) is 22.3 Å². The number of nitrogens with zero attached hydrogens (tertiary/aromatic N) is 3. The number of carbonyl (C=O) groups is 1. The molecule has 0 radical (unpaired) electrons. The SMILES string of the molecule is CCOC(=O)c1nc(-c2ccccc2OC)n2c1C(Nc1cc(Cl)cnc1C)C1=CC=C(Cl)C(C)C1=C2C. The van der Waals surface area contributed by atoms with Crippen LogP contribution in [-0.4, -0.2) is 34.2 Å². The zero-order chi connectivity index (χ0) is 27.1. The number of anilines is 1. The number of imidazole rings is 1. The van der Waals surface area contributed by atoms with E-state index < -0.39 is 12.0 Å². The molecule has 0 bridgehead atoms. The summed E-state index contributed by atoms with van der Waals surface area (Å²) in [6.07, 6.45) is 5.52. The second-order valence-corrected chi connectivity index (χ2v) is 10.1. The first-order valence-corrected chi connectivity index (χ1v) is 13.1. The van der Waals surface area contributed by atoms with Crippen LogP contribution in [0.2, 0.25) is 5.02 Å². The van der Waals surface area contributed by atoms with Gasteiger partial charge in [0.1, 0.15) is 11.6 Å². The molecule has 0 fully saturated rings. The van der Waals surface area contributed by atoms with Gasteiger partial charge in [-0.25, -0.2) is 9.78 Å². The maximum atomic E-state index is 13.4. The average molecular weight is 551 g/mol. The van der Waals surface area contributed by atoms with Gasteiger partial charge in [-0.1, -0.05) is 48.3 Å². The molecular formula is C29H28Cl2N4O3. The fourth-order valence-corrected chi connectivity index (χ4v) is 5.52. The largest absolute Gasteiger partial charge is 0.496 e. The Morgan fingerprint density at radius 1 is 1.18 bits per heavy atom. The molecule has 9 heteroatoms. The molecule has 0 saturated carbocycles. The maximum absolute atomic E-state index is 13.4. The van der Waals surface area contributed by atoms with Gasteiger partial charge in [-0.05, 0) is 56.2 Å². The molecule has 3 aromatic rings. The lowest BCUT2D eigenvalue weighted by molar-refractivity contribution is 0.0518. The fraction of sp³-hybridized carbons (Fsp3) is 0.276. The Morgan fingerprint density at radius 3 is 2.68 bits per heavy atom. The summed E-state index contributed by atoms with van der Waals surface area (Å²) in [5.74, 6) is 0.658. The Kier molecular flexibility index (Phi) is 7.07. The lowest BCUT2D eigenvalue weighted by Gasteiger charge is -2.37. The van der Waals surface area contributed by atoms with E-state index in [9.17, 15) is 4.79 Å². The third-order valence-corrected chi connectivity index (χ3v) is 7.63. The number of halogens is 2. The number of methoxy groups -OCH3 is 1. The number of nitrogens with one attached hydrogen (secondary N) is 1. The molecule has 1 aliphatic carbocycles. The van der Waals surface area contributed by atoms with Crippen molar-refractivity contribution in [2.45, 2.75) is 33.7 Å². The first-order chi connectivity index (χ1) is 18.3. The summed E-state index contributed by atoms with van der Waals surface area (Å²) in [5, 5.41) is 4.85. The predicted octanol–water partition coefficient (Wildman–Crippen LogP) is 7.19. The van der Waals surface area contributed by atoms with Crippen molar-refractivity contribution >= 4 is 40.6 Å². The van der Waals surface area contributed by atoms with E-state index in [1.165, 1.54) is 0 Å². The number of aromatic nitrogens is 3. The van der Waals surface area contributed by atoms with Crippen molar-refractivity contribution in [3.8, 4) is 17.1 Å². The third kappa shape index (κ3) is 4.29. The molecule has 2 atom stereocenters. The summed E-state index contributed by atoms with van der Waals surface area (Å²) in [7, 11) is 1.62. The summed E-state index contributed by atoms with van der Waals surface area (Å²) < 4.78 is 13.2. The highest BCUT2D eigenvalue weighted by atomic mass is 35.5. The summed E-state index contributed by atoms with van der Waals surface area (Å²) in [6, 6.07) is 8.98. The normalized spacial score (nSPS) is 18.3. The topological polar surface area (TPSA) is 78.3 Å². The number of pyridine rings is 1. The van der Waals surface area contributed by atoms with E-state index in [1.54, 1.807) is 20.2 Å². The van der Waals surface area contributed by atoms with Gasteiger partial charge < -0.3 is 14.8 Å². The van der Waals surface area contributed by atoms with Gasteiger partial charge in [0.2, 0.25) is 0 Å². The lowest BCUT2D eigenvalue weighted by Crippen LogP contribution is -2.29. The number of rotatable bonds is 6. The lowest BCUT2D eigenvalue weighted by atomic mass is 9.80.